The van der Waals surface area contributed by atoms with Crippen LogP contribution in [0.3, 0.4) is 0 Å². The molecule has 12 heavy (non-hydrogen) atoms. The minimum atomic E-state index is 0.969. The van der Waals surface area contributed by atoms with Crippen molar-refractivity contribution in [2.75, 3.05) is 13.6 Å². The Bertz CT molecular complexity index is 244. The number of aryl methyl sites for hydroxylation is 1. The van der Waals surface area contributed by atoms with Crippen LogP contribution in [-0.4, -0.2) is 23.8 Å². The summed E-state index contributed by atoms with van der Waals surface area (Å²) in [4.78, 5) is 0. The lowest BCUT2D eigenvalue weighted by Gasteiger charge is -1.96. The van der Waals surface area contributed by atoms with Gasteiger partial charge in [-0.3, -0.25) is 5.10 Å². The maximum absolute atomic E-state index is 4.19. The van der Waals surface area contributed by atoms with Crippen LogP contribution in [0.4, 0.5) is 0 Å². The lowest BCUT2D eigenvalue weighted by Crippen LogP contribution is -2.10. The summed E-state index contributed by atoms with van der Waals surface area (Å²) in [6.45, 7) is 3.08. The molecule has 2 N–H and O–H groups in total. The standard InChI is InChI=1S/C8H14BrN3/c1-3-6-8(9)7(12-11-6)4-5-10-2/h10H,3-5H2,1-2H3,(H,11,12). The molecule has 0 radical (unpaired) electrons. The Hall–Kier alpha value is -0.350. The molecule has 0 aliphatic carbocycles. The highest BCUT2D eigenvalue weighted by atomic mass is 79.9. The molecule has 0 saturated carbocycles. The fraction of sp³-hybridized carbons (Fsp3) is 0.625. The van der Waals surface area contributed by atoms with Crippen LogP contribution >= 0.6 is 15.9 Å². The summed E-state index contributed by atoms with van der Waals surface area (Å²) in [5.41, 5.74) is 2.29. The number of H-pyrrole nitrogens is 1. The summed E-state index contributed by atoms with van der Waals surface area (Å²) < 4.78 is 1.14. The van der Waals surface area contributed by atoms with E-state index in [9.17, 15) is 0 Å². The first-order chi connectivity index (χ1) is 5.79. The zero-order valence-corrected chi connectivity index (χ0v) is 9.03. The molecule has 68 valence electrons. The Morgan fingerprint density at radius 2 is 2.33 bits per heavy atom. The number of hydrogen-bond donors (Lipinski definition) is 2. The average Bonchev–Trinajstić information content (AvgIpc) is 2.43. The van der Waals surface area contributed by atoms with Gasteiger partial charge in [0.05, 0.1) is 15.9 Å². The number of likely N-dealkylation sites (N-methyl/N-ethyl adjacent to an activating group) is 1. The number of halogens is 1. The monoisotopic (exact) mass is 231 g/mol. The molecule has 0 aliphatic rings. The summed E-state index contributed by atoms with van der Waals surface area (Å²) in [5.74, 6) is 0. The van der Waals surface area contributed by atoms with Crippen LogP contribution in [0.25, 0.3) is 0 Å². The predicted octanol–water partition coefficient (Wildman–Crippen LogP) is 1.50. The zero-order chi connectivity index (χ0) is 8.97. The summed E-state index contributed by atoms with van der Waals surface area (Å²) in [6, 6.07) is 0. The van der Waals surface area contributed by atoms with Gasteiger partial charge in [-0.05, 0) is 29.4 Å². The van der Waals surface area contributed by atoms with E-state index < -0.39 is 0 Å². The summed E-state index contributed by atoms with van der Waals surface area (Å²) in [7, 11) is 1.95. The Morgan fingerprint density at radius 3 is 2.83 bits per heavy atom. The molecule has 1 aromatic rings. The first kappa shape index (κ1) is 9.74. The van der Waals surface area contributed by atoms with Crippen LogP contribution in [-0.2, 0) is 12.8 Å². The number of nitrogens with one attached hydrogen (secondary N) is 2. The van der Waals surface area contributed by atoms with Gasteiger partial charge in [-0.25, -0.2) is 0 Å². The molecule has 0 atom stereocenters. The smallest absolute Gasteiger partial charge is 0.0764 e. The van der Waals surface area contributed by atoms with E-state index in [4.69, 9.17) is 0 Å². The van der Waals surface area contributed by atoms with Gasteiger partial charge in [-0.1, -0.05) is 6.92 Å². The van der Waals surface area contributed by atoms with Gasteiger partial charge in [-0.15, -0.1) is 0 Å². The molecule has 0 aromatic carbocycles. The van der Waals surface area contributed by atoms with Crippen molar-refractivity contribution >= 4 is 15.9 Å². The Morgan fingerprint density at radius 1 is 1.58 bits per heavy atom. The third-order valence-corrected chi connectivity index (χ3v) is 2.74. The molecule has 1 rings (SSSR count). The summed E-state index contributed by atoms with van der Waals surface area (Å²) >= 11 is 3.52. The molecular formula is C8H14BrN3. The minimum Gasteiger partial charge on any atom is -0.319 e. The maximum atomic E-state index is 4.19. The van der Waals surface area contributed by atoms with E-state index in [-0.39, 0.29) is 0 Å². The second-order valence-corrected chi connectivity index (χ2v) is 3.46. The van der Waals surface area contributed by atoms with Crippen molar-refractivity contribution in [1.82, 2.24) is 15.5 Å². The van der Waals surface area contributed by atoms with Crippen LogP contribution < -0.4 is 5.32 Å². The lowest BCUT2D eigenvalue weighted by atomic mass is 10.2. The zero-order valence-electron chi connectivity index (χ0n) is 7.45. The van der Waals surface area contributed by atoms with Crippen molar-refractivity contribution in [3.05, 3.63) is 15.9 Å². The molecular weight excluding hydrogens is 218 g/mol. The van der Waals surface area contributed by atoms with Crippen LogP contribution in [0.2, 0.25) is 0 Å². The molecule has 0 saturated heterocycles. The molecule has 1 aromatic heterocycles. The van der Waals surface area contributed by atoms with E-state index in [2.05, 4.69) is 38.4 Å². The molecule has 1 heterocycles. The topological polar surface area (TPSA) is 40.7 Å². The first-order valence-corrected chi connectivity index (χ1v) is 4.95. The van der Waals surface area contributed by atoms with E-state index in [0.717, 1.165) is 29.6 Å². The predicted molar refractivity (Wildman–Crippen MR) is 53.3 cm³/mol. The van der Waals surface area contributed by atoms with E-state index in [1.54, 1.807) is 0 Å². The van der Waals surface area contributed by atoms with E-state index in [1.165, 1.54) is 5.69 Å². The highest BCUT2D eigenvalue weighted by Gasteiger charge is 2.07. The van der Waals surface area contributed by atoms with Crippen molar-refractivity contribution in [3.63, 3.8) is 0 Å². The van der Waals surface area contributed by atoms with Gasteiger partial charge in [0, 0.05) is 13.0 Å². The van der Waals surface area contributed by atoms with Crippen LogP contribution in [0.5, 0.6) is 0 Å². The van der Waals surface area contributed by atoms with Crippen LogP contribution in [0.1, 0.15) is 18.3 Å². The average molecular weight is 232 g/mol. The molecule has 0 amide bonds. The van der Waals surface area contributed by atoms with Gasteiger partial charge >= 0.3 is 0 Å². The SMILES string of the molecule is CCc1n[nH]c(CCNC)c1Br. The molecule has 0 spiro atoms. The number of aromatic amines is 1. The van der Waals surface area contributed by atoms with Gasteiger partial charge in [0.2, 0.25) is 0 Å². The molecule has 0 unspecified atom stereocenters. The molecule has 3 nitrogen and oxygen atoms in total. The third-order valence-electron chi connectivity index (χ3n) is 1.80. The fourth-order valence-electron chi connectivity index (χ4n) is 1.06. The quantitative estimate of drug-likeness (QED) is 0.825. The largest absolute Gasteiger partial charge is 0.319 e. The summed E-state index contributed by atoms with van der Waals surface area (Å²) in [5, 5.41) is 10.3. The first-order valence-electron chi connectivity index (χ1n) is 4.15. The molecule has 4 heteroatoms. The number of nitrogens with zero attached hydrogens (tertiary/aromatic N) is 1. The van der Waals surface area contributed by atoms with Gasteiger partial charge in [0.15, 0.2) is 0 Å². The maximum Gasteiger partial charge on any atom is 0.0764 e. The number of rotatable bonds is 4. The fourth-order valence-corrected chi connectivity index (χ4v) is 1.71. The van der Waals surface area contributed by atoms with Gasteiger partial charge < -0.3 is 5.32 Å². The minimum absolute atomic E-state index is 0.969. The molecule has 0 bridgehead atoms. The van der Waals surface area contributed by atoms with E-state index in [0.29, 0.717) is 0 Å². The van der Waals surface area contributed by atoms with Crippen molar-refractivity contribution < 1.29 is 0 Å². The van der Waals surface area contributed by atoms with Gasteiger partial charge in [-0.2, -0.15) is 5.10 Å². The van der Waals surface area contributed by atoms with Crippen molar-refractivity contribution in [3.8, 4) is 0 Å². The van der Waals surface area contributed by atoms with E-state index >= 15 is 0 Å². The van der Waals surface area contributed by atoms with E-state index in [1.807, 2.05) is 7.05 Å². The van der Waals surface area contributed by atoms with Crippen LogP contribution in [0.15, 0.2) is 4.47 Å². The second-order valence-electron chi connectivity index (χ2n) is 2.67. The van der Waals surface area contributed by atoms with Crippen molar-refractivity contribution in [1.29, 1.82) is 0 Å². The van der Waals surface area contributed by atoms with Crippen molar-refractivity contribution in [2.45, 2.75) is 19.8 Å². The highest BCUT2D eigenvalue weighted by molar-refractivity contribution is 9.10. The highest BCUT2D eigenvalue weighted by Crippen LogP contribution is 2.19. The normalized spacial score (nSPS) is 10.6. The number of hydrogen-bond acceptors (Lipinski definition) is 2. The Balaban J connectivity index is 2.66. The number of aromatic nitrogens is 2. The lowest BCUT2D eigenvalue weighted by molar-refractivity contribution is 0.770. The molecule has 0 fully saturated rings. The summed E-state index contributed by atoms with van der Waals surface area (Å²) in [6.07, 6.45) is 1.96. The van der Waals surface area contributed by atoms with Crippen molar-refractivity contribution in [2.24, 2.45) is 0 Å². The third kappa shape index (κ3) is 2.08. The second kappa shape index (κ2) is 4.62. The van der Waals surface area contributed by atoms with Crippen LogP contribution in [0, 0.1) is 0 Å². The van der Waals surface area contributed by atoms with Gasteiger partial charge in [0.25, 0.3) is 0 Å². The Kier molecular flexibility index (Phi) is 3.75. The molecule has 0 aliphatic heterocycles. The van der Waals surface area contributed by atoms with Gasteiger partial charge in [0.1, 0.15) is 0 Å². The Labute approximate surface area is 81.1 Å².